The first-order valence-corrected chi connectivity index (χ1v) is 22.4. The van der Waals surface area contributed by atoms with Gasteiger partial charge in [-0.1, -0.05) is 170 Å². The van der Waals surface area contributed by atoms with Gasteiger partial charge in [0.2, 0.25) is 0 Å². The molecule has 10 aromatic carbocycles. The third-order valence-corrected chi connectivity index (χ3v) is 13.7. The van der Waals surface area contributed by atoms with Crippen molar-refractivity contribution in [2.75, 3.05) is 0 Å². The lowest BCUT2D eigenvalue weighted by molar-refractivity contribution is 1.07. The van der Waals surface area contributed by atoms with E-state index in [9.17, 15) is 0 Å². The van der Waals surface area contributed by atoms with E-state index in [1.54, 1.807) is 0 Å². The van der Waals surface area contributed by atoms with E-state index >= 15 is 0 Å². The van der Waals surface area contributed by atoms with Crippen molar-refractivity contribution in [2.45, 2.75) is 0 Å². The summed E-state index contributed by atoms with van der Waals surface area (Å²) < 4.78 is 5.00. The van der Waals surface area contributed by atoms with Gasteiger partial charge in [0, 0.05) is 58.8 Å². The molecule has 0 atom stereocenters. The van der Waals surface area contributed by atoms with E-state index in [1.807, 2.05) is 35.6 Å². The Hall–Kier alpha value is -8.25. The second-order valence-electron chi connectivity index (χ2n) is 16.4. The van der Waals surface area contributed by atoms with Crippen LogP contribution in [0.15, 0.2) is 218 Å². The largest absolute Gasteiger partial charge is 0.309 e. The molecule has 3 heterocycles. The van der Waals surface area contributed by atoms with E-state index < -0.39 is 0 Å². The molecule has 4 nitrogen and oxygen atoms in total. The van der Waals surface area contributed by atoms with Crippen LogP contribution in [0, 0.1) is 0 Å². The average molecular weight is 833 g/mol. The summed E-state index contributed by atoms with van der Waals surface area (Å²) in [5.74, 6) is 1.87. The van der Waals surface area contributed by atoms with Crippen molar-refractivity contribution < 1.29 is 0 Å². The number of hydrogen-bond acceptors (Lipinski definition) is 4. The third-order valence-electron chi connectivity index (χ3n) is 12.6. The van der Waals surface area contributed by atoms with Gasteiger partial charge in [0.25, 0.3) is 0 Å². The highest BCUT2D eigenvalue weighted by Gasteiger charge is 2.23. The van der Waals surface area contributed by atoms with Crippen LogP contribution in [0.4, 0.5) is 0 Å². The van der Waals surface area contributed by atoms with Crippen LogP contribution in [0.3, 0.4) is 0 Å². The van der Waals surface area contributed by atoms with Gasteiger partial charge in [-0.05, 0) is 81.2 Å². The topological polar surface area (TPSA) is 43.6 Å². The second-order valence-corrected chi connectivity index (χ2v) is 17.4. The summed E-state index contributed by atoms with van der Waals surface area (Å²) in [5.41, 5.74) is 10.8. The molecule has 64 heavy (non-hydrogen) atoms. The molecule has 0 radical (unpaired) electrons. The molecule has 0 aliphatic rings. The Morgan fingerprint density at radius 2 is 0.859 bits per heavy atom. The summed E-state index contributed by atoms with van der Waals surface area (Å²) in [6, 6.07) is 78.2. The average Bonchev–Trinajstić information content (AvgIpc) is 3.90. The van der Waals surface area contributed by atoms with Crippen LogP contribution >= 0.6 is 11.3 Å². The van der Waals surface area contributed by atoms with Crippen LogP contribution in [-0.2, 0) is 0 Å². The molecule has 0 saturated carbocycles. The summed E-state index contributed by atoms with van der Waals surface area (Å²) in [6.45, 7) is 0. The first-order chi connectivity index (χ1) is 31.7. The van der Waals surface area contributed by atoms with Crippen LogP contribution < -0.4 is 0 Å². The molecule has 0 saturated heterocycles. The summed E-state index contributed by atoms with van der Waals surface area (Å²) in [4.78, 5) is 15.7. The summed E-state index contributed by atoms with van der Waals surface area (Å²) in [6.07, 6.45) is 0. The second kappa shape index (κ2) is 14.7. The number of hydrogen-bond donors (Lipinski definition) is 0. The van der Waals surface area contributed by atoms with Crippen LogP contribution in [-0.4, -0.2) is 19.5 Å². The van der Waals surface area contributed by atoms with E-state index in [0.717, 1.165) is 44.5 Å². The van der Waals surface area contributed by atoms with Gasteiger partial charge in [0.15, 0.2) is 17.5 Å². The zero-order valence-corrected chi connectivity index (χ0v) is 35.3. The lowest BCUT2D eigenvalue weighted by Gasteiger charge is -2.19. The maximum absolute atomic E-state index is 5.30. The van der Waals surface area contributed by atoms with E-state index in [2.05, 4.69) is 199 Å². The number of fused-ring (bicyclic) bond motifs is 8. The summed E-state index contributed by atoms with van der Waals surface area (Å²) >= 11 is 1.85. The van der Waals surface area contributed by atoms with Crippen molar-refractivity contribution in [3.8, 4) is 62.1 Å². The Balaban J connectivity index is 1.12. The minimum absolute atomic E-state index is 0.615. The Morgan fingerprint density at radius 3 is 1.61 bits per heavy atom. The molecule has 0 spiro atoms. The number of para-hydroxylation sites is 1. The number of rotatable bonds is 6. The molecule has 0 unspecified atom stereocenters. The lowest BCUT2D eigenvalue weighted by Crippen LogP contribution is -2.02. The predicted molar refractivity (Wildman–Crippen MR) is 269 cm³/mol. The van der Waals surface area contributed by atoms with Gasteiger partial charge in [0.05, 0.1) is 16.7 Å². The molecule has 0 bridgehead atoms. The van der Waals surface area contributed by atoms with Gasteiger partial charge in [-0.2, -0.15) is 0 Å². The lowest BCUT2D eigenvalue weighted by atomic mass is 9.91. The Kier molecular flexibility index (Phi) is 8.36. The zero-order chi connectivity index (χ0) is 42.1. The Bertz CT molecular complexity index is 3940. The SMILES string of the molecule is c1ccc(-c2ccc(-c3nc(-c4ccccc4)nc(-c4ccc(-n5c6ccccc6c6cc7ccccc7cc65)c(-c5c6ccccc6cc6sc7ccccc7c56)c4)n3)cc2)cc1. The van der Waals surface area contributed by atoms with E-state index in [0.29, 0.717) is 17.5 Å². The molecular weight excluding hydrogens is 797 g/mol. The summed E-state index contributed by atoms with van der Waals surface area (Å²) in [5, 5.41) is 9.78. The van der Waals surface area contributed by atoms with Crippen LogP contribution in [0.1, 0.15) is 0 Å². The minimum Gasteiger partial charge on any atom is -0.309 e. The maximum atomic E-state index is 5.30. The molecule has 3 aromatic heterocycles. The molecule has 0 aliphatic carbocycles. The standard InChI is InChI=1S/C59H36N4S/c1-3-15-37(16-4-1)38-27-29-40(30-28-38)58-60-57(39-17-5-2-6-18-39)61-59(62-58)44-31-32-51(63-50-25-13-11-23-46(50)48-33-41-19-7-8-20-42(41)35-52(48)63)49(34-44)55-45-22-10-9-21-43(45)36-54-56(55)47-24-12-14-26-53(47)64-54/h1-36H. The highest BCUT2D eigenvalue weighted by Crippen LogP contribution is 2.48. The van der Waals surface area contributed by atoms with Crippen LogP contribution in [0.25, 0.3) is 126 Å². The number of aromatic nitrogens is 4. The van der Waals surface area contributed by atoms with Crippen molar-refractivity contribution in [1.82, 2.24) is 19.5 Å². The van der Waals surface area contributed by atoms with Gasteiger partial charge in [-0.25, -0.2) is 15.0 Å². The fraction of sp³-hybridized carbons (Fsp3) is 0. The van der Waals surface area contributed by atoms with E-state index in [4.69, 9.17) is 15.0 Å². The smallest absolute Gasteiger partial charge is 0.164 e. The third kappa shape index (κ3) is 5.93. The van der Waals surface area contributed by atoms with Crippen molar-refractivity contribution >= 4 is 74.9 Å². The minimum atomic E-state index is 0.615. The fourth-order valence-corrected chi connectivity index (χ4v) is 10.8. The maximum Gasteiger partial charge on any atom is 0.164 e. The molecule has 0 aliphatic heterocycles. The monoisotopic (exact) mass is 832 g/mol. The molecule has 13 rings (SSSR count). The van der Waals surface area contributed by atoms with Crippen molar-refractivity contribution in [2.24, 2.45) is 0 Å². The molecule has 5 heteroatoms. The van der Waals surface area contributed by atoms with Gasteiger partial charge in [-0.3, -0.25) is 0 Å². The molecule has 298 valence electrons. The zero-order valence-electron chi connectivity index (χ0n) is 34.5. The number of thiophene rings is 1. The summed E-state index contributed by atoms with van der Waals surface area (Å²) in [7, 11) is 0. The van der Waals surface area contributed by atoms with Crippen LogP contribution in [0.5, 0.6) is 0 Å². The van der Waals surface area contributed by atoms with Crippen molar-refractivity contribution in [3.05, 3.63) is 218 Å². The molecule has 0 amide bonds. The van der Waals surface area contributed by atoms with Crippen molar-refractivity contribution in [3.63, 3.8) is 0 Å². The van der Waals surface area contributed by atoms with Gasteiger partial charge in [0.1, 0.15) is 0 Å². The molecular formula is C59H36N4S. The quantitative estimate of drug-likeness (QED) is 0.168. The number of benzene rings is 10. The first kappa shape index (κ1) is 36.4. The van der Waals surface area contributed by atoms with E-state index in [-0.39, 0.29) is 0 Å². The highest BCUT2D eigenvalue weighted by molar-refractivity contribution is 7.26. The van der Waals surface area contributed by atoms with Gasteiger partial charge in [-0.15, -0.1) is 11.3 Å². The van der Waals surface area contributed by atoms with Gasteiger partial charge < -0.3 is 4.57 Å². The predicted octanol–water partition coefficient (Wildman–Crippen LogP) is 16.0. The van der Waals surface area contributed by atoms with Gasteiger partial charge >= 0.3 is 0 Å². The highest BCUT2D eigenvalue weighted by atomic mass is 32.1. The number of nitrogens with zero attached hydrogens (tertiary/aromatic N) is 4. The Labute approximate surface area is 373 Å². The first-order valence-electron chi connectivity index (χ1n) is 21.6. The molecule has 0 fully saturated rings. The van der Waals surface area contributed by atoms with Crippen molar-refractivity contribution in [1.29, 1.82) is 0 Å². The fourth-order valence-electron chi connectivity index (χ4n) is 9.61. The van der Waals surface area contributed by atoms with Crippen LogP contribution in [0.2, 0.25) is 0 Å². The molecule has 13 aromatic rings. The Morgan fingerprint density at radius 1 is 0.328 bits per heavy atom. The normalized spacial score (nSPS) is 11.8. The molecule has 0 N–H and O–H groups in total. The van der Waals surface area contributed by atoms with E-state index in [1.165, 1.54) is 63.6 Å².